The van der Waals surface area contributed by atoms with Gasteiger partial charge in [-0.15, -0.1) is 0 Å². The summed E-state index contributed by atoms with van der Waals surface area (Å²) in [6, 6.07) is 12.5. The summed E-state index contributed by atoms with van der Waals surface area (Å²) in [5.74, 6) is 1.20. The lowest BCUT2D eigenvalue weighted by Gasteiger charge is -2.42. The van der Waals surface area contributed by atoms with Gasteiger partial charge in [0.05, 0.1) is 16.1 Å². The summed E-state index contributed by atoms with van der Waals surface area (Å²) in [6.07, 6.45) is 7.70. The number of urea groups is 1. The van der Waals surface area contributed by atoms with E-state index in [9.17, 15) is 19.5 Å². The first-order chi connectivity index (χ1) is 23.5. The number of hydrogen-bond donors (Lipinski definition) is 2. The van der Waals surface area contributed by atoms with Crippen LogP contribution in [0.25, 0.3) is 0 Å². The minimum atomic E-state index is -0.286. The molecular weight excluding hydrogens is 754 g/mol. The van der Waals surface area contributed by atoms with Crippen molar-refractivity contribution in [2.24, 2.45) is 11.8 Å². The Morgan fingerprint density at radius 1 is 0.939 bits per heavy atom. The van der Waals surface area contributed by atoms with Crippen LogP contribution in [0.3, 0.4) is 0 Å². The molecule has 12 heteroatoms. The third-order valence-electron chi connectivity index (χ3n) is 10.5. The Morgan fingerprint density at radius 3 is 2.22 bits per heavy atom. The van der Waals surface area contributed by atoms with Gasteiger partial charge in [0.2, 0.25) is 5.91 Å². The van der Waals surface area contributed by atoms with E-state index in [1.54, 1.807) is 4.90 Å². The second-order valence-electron chi connectivity index (χ2n) is 14.0. The largest absolute Gasteiger partial charge is 0.506 e. The number of likely N-dealkylation sites (tertiary alicyclic amines) is 3. The Kier molecular flexibility index (Phi) is 13.3. The van der Waals surface area contributed by atoms with Crippen molar-refractivity contribution in [3.63, 3.8) is 0 Å². The smallest absolute Gasteiger partial charge is 0.409 e. The van der Waals surface area contributed by atoms with Crippen LogP contribution in [0.4, 0.5) is 15.3 Å². The number of ether oxygens (including phenoxy) is 1. The van der Waals surface area contributed by atoms with Gasteiger partial charge in [0.1, 0.15) is 5.75 Å². The zero-order valence-corrected chi connectivity index (χ0v) is 32.2. The second kappa shape index (κ2) is 17.4. The molecular formula is C37H51Br2N5O5. The Hall–Kier alpha value is -2.83. The lowest BCUT2D eigenvalue weighted by Crippen LogP contribution is -2.50. The number of carbonyl (C=O) groups excluding carboxylic acids is 3. The number of fused-ring (bicyclic) bond motifs is 1. The summed E-state index contributed by atoms with van der Waals surface area (Å²) in [4.78, 5) is 45.2. The van der Waals surface area contributed by atoms with Gasteiger partial charge in [-0.2, -0.15) is 0 Å². The Balaban J connectivity index is 0.000000195. The maximum Gasteiger partial charge on any atom is 0.409 e. The first-order valence-electron chi connectivity index (χ1n) is 17.7. The van der Waals surface area contributed by atoms with Crippen molar-refractivity contribution in [1.29, 1.82) is 0 Å². The van der Waals surface area contributed by atoms with Crippen LogP contribution < -0.4 is 5.32 Å². The Labute approximate surface area is 307 Å². The predicted molar refractivity (Wildman–Crippen MR) is 199 cm³/mol. The summed E-state index contributed by atoms with van der Waals surface area (Å²) in [7, 11) is 1.40. The summed E-state index contributed by atoms with van der Waals surface area (Å²) >= 11 is 6.74. The van der Waals surface area contributed by atoms with Crippen LogP contribution in [-0.4, -0.2) is 108 Å². The average molecular weight is 806 g/mol. The van der Waals surface area contributed by atoms with E-state index in [2.05, 4.69) is 60.0 Å². The highest BCUT2D eigenvalue weighted by Gasteiger charge is 2.32. The molecule has 4 amide bonds. The molecule has 4 aliphatic heterocycles. The molecule has 268 valence electrons. The summed E-state index contributed by atoms with van der Waals surface area (Å²) in [5.41, 5.74) is 3.12. The zero-order chi connectivity index (χ0) is 35.1. The summed E-state index contributed by atoms with van der Waals surface area (Å²) in [6.45, 7) is 10.5. The van der Waals surface area contributed by atoms with Gasteiger partial charge in [-0.05, 0) is 125 Å². The molecule has 3 saturated heterocycles. The van der Waals surface area contributed by atoms with E-state index in [-0.39, 0.29) is 35.7 Å². The highest BCUT2D eigenvalue weighted by molar-refractivity contribution is 9.11. The van der Waals surface area contributed by atoms with Crippen molar-refractivity contribution in [2.45, 2.75) is 77.3 Å². The number of anilines is 1. The van der Waals surface area contributed by atoms with Crippen molar-refractivity contribution in [1.82, 2.24) is 19.6 Å². The molecule has 0 aliphatic carbocycles. The van der Waals surface area contributed by atoms with Gasteiger partial charge in [0.25, 0.3) is 0 Å². The molecule has 0 aromatic heterocycles. The van der Waals surface area contributed by atoms with E-state index in [1.165, 1.54) is 38.6 Å². The van der Waals surface area contributed by atoms with Gasteiger partial charge in [-0.25, -0.2) is 9.59 Å². The number of aromatic hydroxyl groups is 1. The number of phenolic OH excluding ortho intramolecular Hbond substituents is 1. The number of phenols is 1. The number of para-hydroxylation sites is 1. The first-order valence-corrected chi connectivity index (χ1v) is 19.3. The fourth-order valence-corrected chi connectivity index (χ4v) is 9.01. The topological polar surface area (TPSA) is 106 Å². The van der Waals surface area contributed by atoms with Crippen molar-refractivity contribution < 1.29 is 24.2 Å². The van der Waals surface area contributed by atoms with E-state index in [0.29, 0.717) is 41.0 Å². The molecule has 2 N–H and O–H groups in total. The molecule has 0 bridgehead atoms. The number of piperidine rings is 3. The van der Waals surface area contributed by atoms with Crippen molar-refractivity contribution in [3.8, 4) is 5.75 Å². The number of rotatable bonds is 5. The van der Waals surface area contributed by atoms with Gasteiger partial charge >= 0.3 is 12.1 Å². The number of hydrogen-bond acceptors (Lipinski definition) is 6. The SMILES string of the molecule is COC(=O)N1CCC(N2CCc3ccccc3NC2=O)CC1.C[C@@H]1CCCN(C2CCN(C(=O)[C@H](C)Cc3cc(Br)c(O)c(Br)c3)CC2)C1. The Morgan fingerprint density at radius 2 is 1.57 bits per heavy atom. The predicted octanol–water partition coefficient (Wildman–Crippen LogP) is 7.13. The normalized spacial score (nSPS) is 21.5. The van der Waals surface area contributed by atoms with Gasteiger partial charge in [-0.3, -0.25) is 9.69 Å². The molecule has 3 fully saturated rings. The molecule has 0 saturated carbocycles. The number of benzene rings is 2. The number of nitrogens with one attached hydrogen (secondary N) is 1. The highest BCUT2D eigenvalue weighted by Crippen LogP contribution is 2.34. The molecule has 10 nitrogen and oxygen atoms in total. The second-order valence-corrected chi connectivity index (χ2v) is 15.7. The van der Waals surface area contributed by atoms with Crippen molar-refractivity contribution in [3.05, 3.63) is 56.5 Å². The van der Waals surface area contributed by atoms with E-state index in [4.69, 9.17) is 4.74 Å². The van der Waals surface area contributed by atoms with Crippen LogP contribution in [0.15, 0.2) is 45.3 Å². The van der Waals surface area contributed by atoms with Crippen LogP contribution in [0.2, 0.25) is 0 Å². The number of halogens is 2. The molecule has 6 rings (SSSR count). The van der Waals surface area contributed by atoms with Gasteiger partial charge in [0.15, 0.2) is 0 Å². The fraction of sp³-hybridized carbons (Fsp3) is 0.595. The number of methoxy groups -OCH3 is 1. The van der Waals surface area contributed by atoms with Crippen LogP contribution in [0, 0.1) is 11.8 Å². The zero-order valence-electron chi connectivity index (χ0n) is 29.0. The molecule has 2 aromatic carbocycles. The Bertz CT molecular complexity index is 1440. The molecule has 2 atom stereocenters. The quantitative estimate of drug-likeness (QED) is 0.334. The van der Waals surface area contributed by atoms with E-state index < -0.39 is 0 Å². The van der Waals surface area contributed by atoms with E-state index in [1.807, 2.05) is 42.2 Å². The maximum atomic E-state index is 12.9. The summed E-state index contributed by atoms with van der Waals surface area (Å²) in [5, 5.41) is 12.9. The van der Waals surface area contributed by atoms with Crippen LogP contribution in [-0.2, 0) is 22.4 Å². The first kappa shape index (κ1) is 37.4. The molecule has 4 aliphatic rings. The number of carbonyl (C=O) groups is 3. The van der Waals surface area contributed by atoms with Crippen molar-refractivity contribution >= 4 is 55.6 Å². The summed E-state index contributed by atoms with van der Waals surface area (Å²) < 4.78 is 6.06. The lowest BCUT2D eigenvalue weighted by molar-refractivity contribution is -0.136. The monoisotopic (exact) mass is 803 g/mol. The standard InChI is InChI=1S/C21H30Br2N2O2.C16H21N3O3/c1-14-4-3-7-25(13-14)17-5-8-24(9-6-17)21(27)15(2)10-16-11-18(22)20(26)19(23)12-16;1-22-16(21)18-9-7-13(8-10-18)19-11-6-12-4-2-3-5-14(12)17-15(19)20/h11-12,14-15,17,26H,3-10,13H2,1-2H3;2-5,13H,6-11H2,1H3,(H,17,20)/t14-,15-;/m1./s1. The van der Waals surface area contributed by atoms with E-state index in [0.717, 1.165) is 62.4 Å². The van der Waals surface area contributed by atoms with Crippen LogP contribution >= 0.6 is 31.9 Å². The van der Waals surface area contributed by atoms with Crippen molar-refractivity contribution in [2.75, 3.05) is 58.2 Å². The van der Waals surface area contributed by atoms with E-state index >= 15 is 0 Å². The fourth-order valence-electron chi connectivity index (χ4n) is 7.72. The molecule has 2 aromatic rings. The molecule has 0 unspecified atom stereocenters. The molecule has 0 radical (unpaired) electrons. The molecule has 0 spiro atoms. The lowest BCUT2D eigenvalue weighted by atomic mass is 9.94. The average Bonchev–Trinajstić information content (AvgIpc) is 3.28. The van der Waals surface area contributed by atoms with Gasteiger partial charge in [0, 0.05) is 63.0 Å². The third kappa shape index (κ3) is 9.70. The number of nitrogens with zero attached hydrogens (tertiary/aromatic N) is 4. The number of amides is 4. The third-order valence-corrected chi connectivity index (χ3v) is 11.7. The molecule has 49 heavy (non-hydrogen) atoms. The van der Waals surface area contributed by atoms with Gasteiger partial charge in [-0.1, -0.05) is 32.0 Å². The van der Waals surface area contributed by atoms with Gasteiger partial charge < -0.3 is 29.9 Å². The maximum absolute atomic E-state index is 12.9. The minimum Gasteiger partial charge on any atom is -0.506 e. The van der Waals surface area contributed by atoms with Crippen LogP contribution in [0.5, 0.6) is 5.75 Å². The molecule has 4 heterocycles. The highest BCUT2D eigenvalue weighted by atomic mass is 79.9. The van der Waals surface area contributed by atoms with Crippen LogP contribution in [0.1, 0.15) is 63.5 Å². The minimum absolute atomic E-state index is 0.0403.